The van der Waals surface area contributed by atoms with Crippen molar-refractivity contribution in [2.24, 2.45) is 11.5 Å². The van der Waals surface area contributed by atoms with Gasteiger partial charge in [0.2, 0.25) is 17.7 Å². The van der Waals surface area contributed by atoms with E-state index >= 15 is 0 Å². The summed E-state index contributed by atoms with van der Waals surface area (Å²) in [6.07, 6.45) is 1.90. The van der Waals surface area contributed by atoms with Crippen molar-refractivity contribution < 1.29 is 29.4 Å². The molecule has 2 unspecified atom stereocenters. The summed E-state index contributed by atoms with van der Waals surface area (Å²) in [4.78, 5) is 45.1. The SMILES string of the molecule is NCCCCC(N)C(=O)NCC(=O)NCC(=O)NC(CO)C(=O)O. The molecule has 0 aromatic rings. The largest absolute Gasteiger partial charge is 0.480 e. The Morgan fingerprint density at radius 2 is 1.62 bits per heavy atom. The first-order chi connectivity index (χ1) is 11.3. The summed E-state index contributed by atoms with van der Waals surface area (Å²) < 4.78 is 0. The van der Waals surface area contributed by atoms with E-state index in [1.807, 2.05) is 5.32 Å². The van der Waals surface area contributed by atoms with Crippen molar-refractivity contribution in [3.8, 4) is 0 Å². The number of carboxylic acids is 1. The highest BCUT2D eigenvalue weighted by Gasteiger charge is 2.19. The van der Waals surface area contributed by atoms with Crippen LogP contribution in [0.25, 0.3) is 0 Å². The number of aliphatic hydroxyl groups is 1. The molecule has 0 aromatic carbocycles. The van der Waals surface area contributed by atoms with Crippen LogP contribution in [0.2, 0.25) is 0 Å². The third kappa shape index (κ3) is 9.71. The van der Waals surface area contributed by atoms with Crippen LogP contribution in [0, 0.1) is 0 Å². The van der Waals surface area contributed by atoms with E-state index in [4.69, 9.17) is 21.7 Å². The molecule has 0 rings (SSSR count). The number of carbonyl (C=O) groups excluding carboxylic acids is 3. The Morgan fingerprint density at radius 1 is 1.00 bits per heavy atom. The van der Waals surface area contributed by atoms with Gasteiger partial charge in [0.1, 0.15) is 6.04 Å². The van der Waals surface area contributed by atoms with E-state index < -0.39 is 48.9 Å². The summed E-state index contributed by atoms with van der Waals surface area (Å²) in [5.41, 5.74) is 11.0. The van der Waals surface area contributed by atoms with E-state index in [1.54, 1.807) is 0 Å². The molecule has 0 bridgehead atoms. The van der Waals surface area contributed by atoms with Gasteiger partial charge in [-0.15, -0.1) is 0 Å². The molecule has 0 aliphatic heterocycles. The molecule has 0 aliphatic rings. The van der Waals surface area contributed by atoms with Gasteiger partial charge in [-0.05, 0) is 19.4 Å². The predicted molar refractivity (Wildman–Crippen MR) is 83.6 cm³/mol. The zero-order valence-corrected chi connectivity index (χ0v) is 13.3. The van der Waals surface area contributed by atoms with Gasteiger partial charge in [-0.1, -0.05) is 6.42 Å². The summed E-state index contributed by atoms with van der Waals surface area (Å²) in [6, 6.07) is -2.19. The van der Waals surface area contributed by atoms with Gasteiger partial charge in [0.25, 0.3) is 0 Å². The first-order valence-corrected chi connectivity index (χ1v) is 7.44. The minimum absolute atomic E-state index is 0.362. The van der Waals surface area contributed by atoms with Gasteiger partial charge in [0.05, 0.1) is 25.7 Å². The highest BCUT2D eigenvalue weighted by atomic mass is 16.4. The minimum atomic E-state index is -1.44. The van der Waals surface area contributed by atoms with Gasteiger partial charge in [-0.25, -0.2) is 4.79 Å². The number of carbonyl (C=O) groups is 4. The zero-order chi connectivity index (χ0) is 18.5. The number of aliphatic carboxylic acids is 1. The molecular formula is C13H25N5O6. The summed E-state index contributed by atoms with van der Waals surface area (Å²) in [6.45, 7) is -1.11. The molecule has 0 aromatic heterocycles. The molecule has 138 valence electrons. The standard InChI is InChI=1S/C13H25N5O6/c14-4-2-1-3-8(15)12(22)17-5-10(20)16-6-11(21)18-9(7-19)13(23)24/h8-9,19H,1-7,14-15H2,(H,16,20)(H,17,22)(H,18,21)(H,23,24). The molecule has 0 spiro atoms. The molecule has 0 saturated carbocycles. The molecule has 0 heterocycles. The van der Waals surface area contributed by atoms with E-state index in [0.717, 1.165) is 6.42 Å². The van der Waals surface area contributed by atoms with E-state index in [1.165, 1.54) is 0 Å². The van der Waals surface area contributed by atoms with Crippen LogP contribution in [-0.4, -0.2) is 72.2 Å². The van der Waals surface area contributed by atoms with Crippen molar-refractivity contribution in [3.05, 3.63) is 0 Å². The number of nitrogens with two attached hydrogens (primary N) is 2. The number of nitrogens with one attached hydrogen (secondary N) is 3. The summed E-state index contributed by atoms with van der Waals surface area (Å²) in [7, 11) is 0. The topological polar surface area (TPSA) is 197 Å². The van der Waals surface area contributed by atoms with Crippen molar-refractivity contribution in [1.82, 2.24) is 16.0 Å². The van der Waals surface area contributed by atoms with Gasteiger partial charge >= 0.3 is 5.97 Å². The second kappa shape index (κ2) is 12.2. The monoisotopic (exact) mass is 347 g/mol. The second-order valence-corrected chi connectivity index (χ2v) is 5.03. The van der Waals surface area contributed by atoms with Gasteiger partial charge in [-0.3, -0.25) is 14.4 Å². The predicted octanol–water partition coefficient (Wildman–Crippen LogP) is -3.76. The fraction of sp³-hybridized carbons (Fsp3) is 0.692. The van der Waals surface area contributed by atoms with E-state index in [2.05, 4.69) is 10.6 Å². The number of aliphatic hydroxyl groups excluding tert-OH is 1. The number of hydrogen-bond acceptors (Lipinski definition) is 7. The number of unbranched alkanes of at least 4 members (excludes halogenated alkanes) is 1. The zero-order valence-electron chi connectivity index (χ0n) is 13.3. The van der Waals surface area contributed by atoms with Crippen molar-refractivity contribution in [3.63, 3.8) is 0 Å². The third-order valence-electron chi connectivity index (χ3n) is 2.99. The van der Waals surface area contributed by atoms with E-state index in [-0.39, 0.29) is 6.54 Å². The fourth-order valence-corrected chi connectivity index (χ4v) is 1.61. The first-order valence-electron chi connectivity index (χ1n) is 7.44. The maximum Gasteiger partial charge on any atom is 0.328 e. The molecule has 24 heavy (non-hydrogen) atoms. The van der Waals surface area contributed by atoms with Gasteiger partial charge in [0.15, 0.2) is 0 Å². The van der Waals surface area contributed by atoms with Gasteiger partial charge < -0.3 is 37.6 Å². The normalized spacial score (nSPS) is 12.8. The van der Waals surface area contributed by atoms with Crippen molar-refractivity contribution in [1.29, 1.82) is 0 Å². The average Bonchev–Trinajstić information content (AvgIpc) is 2.55. The maximum absolute atomic E-state index is 11.6. The molecule has 2 atom stereocenters. The molecule has 9 N–H and O–H groups in total. The van der Waals surface area contributed by atoms with Crippen molar-refractivity contribution in [2.75, 3.05) is 26.2 Å². The highest BCUT2D eigenvalue weighted by molar-refractivity contribution is 5.90. The van der Waals surface area contributed by atoms with E-state index in [9.17, 15) is 19.2 Å². The molecule has 11 heteroatoms. The molecule has 0 radical (unpaired) electrons. The van der Waals surface area contributed by atoms with Crippen molar-refractivity contribution >= 4 is 23.7 Å². The Labute approximate surface area is 139 Å². The second-order valence-electron chi connectivity index (χ2n) is 5.03. The van der Waals surface area contributed by atoms with Crippen LogP contribution >= 0.6 is 0 Å². The first kappa shape index (κ1) is 21.8. The van der Waals surface area contributed by atoms with Crippen LogP contribution in [0.3, 0.4) is 0 Å². The van der Waals surface area contributed by atoms with Crippen LogP contribution in [0.4, 0.5) is 0 Å². The smallest absolute Gasteiger partial charge is 0.328 e. The number of carboxylic acid groups (broad SMARTS) is 1. The number of amides is 3. The Hall–Kier alpha value is -2.24. The minimum Gasteiger partial charge on any atom is -0.480 e. The summed E-state index contributed by atoms with van der Waals surface area (Å²) in [5.74, 6) is -3.30. The highest BCUT2D eigenvalue weighted by Crippen LogP contribution is 1.97. The molecular weight excluding hydrogens is 322 g/mol. The molecule has 0 fully saturated rings. The average molecular weight is 347 g/mol. The molecule has 0 aliphatic carbocycles. The third-order valence-corrected chi connectivity index (χ3v) is 2.99. The Balaban J connectivity index is 3.99. The molecule has 3 amide bonds. The van der Waals surface area contributed by atoms with Crippen LogP contribution in [0.1, 0.15) is 19.3 Å². The van der Waals surface area contributed by atoms with Crippen LogP contribution in [-0.2, 0) is 19.2 Å². The Morgan fingerprint density at radius 3 is 2.17 bits per heavy atom. The lowest BCUT2D eigenvalue weighted by Gasteiger charge is -2.13. The summed E-state index contributed by atoms with van der Waals surface area (Å²) >= 11 is 0. The van der Waals surface area contributed by atoms with Crippen LogP contribution in [0.15, 0.2) is 0 Å². The Kier molecular flexibility index (Phi) is 11.1. The lowest BCUT2D eigenvalue weighted by atomic mass is 10.1. The molecule has 0 saturated heterocycles. The maximum atomic E-state index is 11.6. The lowest BCUT2D eigenvalue weighted by molar-refractivity contribution is -0.142. The molecule has 11 nitrogen and oxygen atoms in total. The Bertz CT molecular complexity index is 445. The van der Waals surface area contributed by atoms with Gasteiger partial charge in [-0.2, -0.15) is 0 Å². The fourth-order valence-electron chi connectivity index (χ4n) is 1.61. The van der Waals surface area contributed by atoms with Crippen molar-refractivity contribution in [2.45, 2.75) is 31.3 Å². The number of hydrogen-bond donors (Lipinski definition) is 7. The van der Waals surface area contributed by atoms with Crippen LogP contribution < -0.4 is 27.4 Å². The van der Waals surface area contributed by atoms with E-state index in [0.29, 0.717) is 19.4 Å². The quantitative estimate of drug-likeness (QED) is 0.175. The van der Waals surface area contributed by atoms with Gasteiger partial charge in [0, 0.05) is 0 Å². The van der Waals surface area contributed by atoms with Crippen LogP contribution in [0.5, 0.6) is 0 Å². The number of rotatable bonds is 12. The summed E-state index contributed by atoms with van der Waals surface area (Å²) in [5, 5.41) is 23.9. The lowest BCUT2D eigenvalue weighted by Crippen LogP contribution is -2.49.